The first-order chi connectivity index (χ1) is 11.6. The second-order valence-corrected chi connectivity index (χ2v) is 7.09. The minimum Gasteiger partial charge on any atom is -0.365 e. The van der Waals surface area contributed by atoms with Crippen molar-refractivity contribution in [3.05, 3.63) is 29.7 Å². The van der Waals surface area contributed by atoms with E-state index >= 15 is 0 Å². The Labute approximate surface area is 145 Å². The molecular formula is C16H14FN5S2. The molecule has 0 aliphatic rings. The van der Waals surface area contributed by atoms with Crippen LogP contribution in [0.3, 0.4) is 0 Å². The third-order valence-electron chi connectivity index (χ3n) is 3.97. The molecule has 0 atom stereocenters. The van der Waals surface area contributed by atoms with Crippen LogP contribution in [0, 0.1) is 12.7 Å². The highest BCUT2D eigenvalue weighted by Gasteiger charge is 2.20. The molecule has 4 rings (SSSR count). The number of rotatable bonds is 3. The zero-order valence-electron chi connectivity index (χ0n) is 13.3. The number of hydrogen-bond acceptors (Lipinski definition) is 6. The summed E-state index contributed by atoms with van der Waals surface area (Å²) >= 11 is 2.85. The molecule has 1 aromatic carbocycles. The van der Waals surface area contributed by atoms with Crippen molar-refractivity contribution < 1.29 is 4.39 Å². The third-order valence-corrected chi connectivity index (χ3v) is 5.74. The lowest BCUT2D eigenvalue weighted by atomic mass is 10.00. The van der Waals surface area contributed by atoms with Crippen LogP contribution in [-0.4, -0.2) is 33.5 Å². The molecular weight excluding hydrogens is 345 g/mol. The SMILES string of the molecule is CNc1nc2ccc(-c3c(C)c(F)c(SC)c4[nH]ncc34)nc2s1. The molecule has 5 nitrogen and oxygen atoms in total. The lowest BCUT2D eigenvalue weighted by molar-refractivity contribution is 0.596. The van der Waals surface area contributed by atoms with Crippen molar-refractivity contribution in [2.45, 2.75) is 11.8 Å². The molecule has 0 fully saturated rings. The quantitative estimate of drug-likeness (QED) is 0.529. The number of thiazole rings is 1. The maximum atomic E-state index is 14.8. The standard InChI is InChI=1S/C16H14FN5S2/c1-7-11(8-6-19-22-13(8)14(23-3)12(7)17)9-4-5-10-15(20-9)24-16(18-2)21-10/h4-6H,1-3H3,(H,18,21)(H,19,22). The van der Waals surface area contributed by atoms with E-state index in [1.807, 2.05) is 25.4 Å². The molecule has 0 saturated heterocycles. The summed E-state index contributed by atoms with van der Waals surface area (Å²) in [6.07, 6.45) is 3.59. The zero-order chi connectivity index (χ0) is 16.8. The molecule has 0 saturated carbocycles. The average Bonchev–Trinajstić information content (AvgIpc) is 3.22. The number of hydrogen-bond donors (Lipinski definition) is 2. The summed E-state index contributed by atoms with van der Waals surface area (Å²) in [4.78, 5) is 10.5. The molecule has 0 bridgehead atoms. The fourth-order valence-corrected chi connectivity index (χ4v) is 4.31. The van der Waals surface area contributed by atoms with Gasteiger partial charge in [-0.2, -0.15) is 5.10 Å². The van der Waals surface area contributed by atoms with Gasteiger partial charge in [0.15, 0.2) is 5.13 Å². The van der Waals surface area contributed by atoms with Gasteiger partial charge in [-0.15, -0.1) is 11.8 Å². The zero-order valence-corrected chi connectivity index (χ0v) is 14.9. The third kappa shape index (κ3) is 2.17. The fourth-order valence-electron chi connectivity index (χ4n) is 2.83. The number of nitrogens with one attached hydrogen (secondary N) is 2. The van der Waals surface area contributed by atoms with Crippen LogP contribution in [0.2, 0.25) is 0 Å². The normalized spacial score (nSPS) is 11.5. The highest BCUT2D eigenvalue weighted by Crippen LogP contribution is 2.39. The Morgan fingerprint density at radius 2 is 2.12 bits per heavy atom. The molecule has 2 N–H and O–H groups in total. The van der Waals surface area contributed by atoms with Crippen LogP contribution in [0.5, 0.6) is 0 Å². The van der Waals surface area contributed by atoms with Gasteiger partial charge < -0.3 is 5.32 Å². The van der Waals surface area contributed by atoms with Gasteiger partial charge in [0.2, 0.25) is 0 Å². The predicted octanol–water partition coefficient (Wildman–Crippen LogP) is 4.45. The number of nitrogens with zero attached hydrogens (tertiary/aromatic N) is 3. The van der Waals surface area contributed by atoms with Crippen LogP contribution in [0.4, 0.5) is 9.52 Å². The molecule has 122 valence electrons. The summed E-state index contributed by atoms with van der Waals surface area (Å²) < 4.78 is 14.8. The Hall–Kier alpha value is -2.19. The van der Waals surface area contributed by atoms with Gasteiger partial charge in [-0.25, -0.2) is 14.4 Å². The molecule has 24 heavy (non-hydrogen) atoms. The van der Waals surface area contributed by atoms with Crippen molar-refractivity contribution in [3.63, 3.8) is 0 Å². The van der Waals surface area contributed by atoms with Gasteiger partial charge >= 0.3 is 0 Å². The summed E-state index contributed by atoms with van der Waals surface area (Å²) in [5, 5.41) is 11.7. The smallest absolute Gasteiger partial charge is 0.185 e. The van der Waals surface area contributed by atoms with Gasteiger partial charge in [0.1, 0.15) is 16.2 Å². The first-order valence-electron chi connectivity index (χ1n) is 7.29. The van der Waals surface area contributed by atoms with Gasteiger partial charge in [0, 0.05) is 18.0 Å². The summed E-state index contributed by atoms with van der Waals surface area (Å²) in [5.74, 6) is -0.226. The lowest BCUT2D eigenvalue weighted by Crippen LogP contribution is -1.95. The van der Waals surface area contributed by atoms with Crippen LogP contribution in [0.25, 0.3) is 32.5 Å². The van der Waals surface area contributed by atoms with E-state index < -0.39 is 0 Å². The van der Waals surface area contributed by atoms with E-state index in [0.29, 0.717) is 16.0 Å². The van der Waals surface area contributed by atoms with E-state index in [-0.39, 0.29) is 5.82 Å². The largest absolute Gasteiger partial charge is 0.365 e. The highest BCUT2D eigenvalue weighted by molar-refractivity contribution is 7.98. The van der Waals surface area contributed by atoms with Crippen LogP contribution in [0.1, 0.15) is 5.56 Å². The van der Waals surface area contributed by atoms with Gasteiger partial charge in [-0.05, 0) is 30.9 Å². The van der Waals surface area contributed by atoms with Crippen LogP contribution < -0.4 is 5.32 Å². The molecule has 4 aromatic rings. The number of aromatic amines is 1. The molecule has 3 heterocycles. The maximum absolute atomic E-state index is 14.8. The molecule has 0 spiro atoms. The number of halogens is 1. The fraction of sp³-hybridized carbons (Fsp3) is 0.188. The number of benzene rings is 1. The Bertz CT molecular complexity index is 1070. The number of pyridine rings is 1. The van der Waals surface area contributed by atoms with E-state index in [2.05, 4.69) is 20.5 Å². The van der Waals surface area contributed by atoms with Gasteiger partial charge in [0.05, 0.1) is 22.3 Å². The summed E-state index contributed by atoms with van der Waals surface area (Å²) in [6, 6.07) is 3.80. The van der Waals surface area contributed by atoms with Crippen molar-refractivity contribution >= 4 is 49.5 Å². The molecule has 0 aliphatic carbocycles. The number of fused-ring (bicyclic) bond motifs is 2. The van der Waals surface area contributed by atoms with E-state index in [1.54, 1.807) is 13.1 Å². The second-order valence-electron chi connectivity index (χ2n) is 5.30. The Morgan fingerprint density at radius 3 is 2.88 bits per heavy atom. The number of anilines is 1. The Kier molecular flexibility index (Phi) is 3.65. The summed E-state index contributed by atoms with van der Waals surface area (Å²) in [5.41, 5.74) is 3.62. The minimum atomic E-state index is -0.226. The number of thioether (sulfide) groups is 1. The minimum absolute atomic E-state index is 0.226. The van der Waals surface area contributed by atoms with E-state index in [1.165, 1.54) is 23.1 Å². The van der Waals surface area contributed by atoms with Gasteiger partial charge in [0.25, 0.3) is 0 Å². The Balaban J connectivity index is 2.02. The van der Waals surface area contributed by atoms with E-state index in [0.717, 1.165) is 32.1 Å². The Morgan fingerprint density at radius 1 is 1.29 bits per heavy atom. The van der Waals surface area contributed by atoms with Crippen molar-refractivity contribution in [2.75, 3.05) is 18.6 Å². The summed E-state index contributed by atoms with van der Waals surface area (Å²) in [7, 11) is 1.83. The van der Waals surface area contributed by atoms with Crippen LogP contribution in [0.15, 0.2) is 23.2 Å². The molecule has 0 amide bonds. The van der Waals surface area contributed by atoms with Crippen molar-refractivity contribution in [1.29, 1.82) is 0 Å². The lowest BCUT2D eigenvalue weighted by Gasteiger charge is -2.11. The van der Waals surface area contributed by atoms with Gasteiger partial charge in [-0.3, -0.25) is 5.10 Å². The molecule has 0 aliphatic heterocycles. The second kappa shape index (κ2) is 5.71. The van der Waals surface area contributed by atoms with E-state index in [4.69, 9.17) is 4.98 Å². The van der Waals surface area contributed by atoms with Crippen LogP contribution >= 0.6 is 23.1 Å². The van der Waals surface area contributed by atoms with Crippen molar-refractivity contribution in [2.24, 2.45) is 0 Å². The van der Waals surface area contributed by atoms with Crippen LogP contribution in [-0.2, 0) is 0 Å². The molecule has 3 aromatic heterocycles. The van der Waals surface area contributed by atoms with Crippen molar-refractivity contribution in [1.82, 2.24) is 20.2 Å². The maximum Gasteiger partial charge on any atom is 0.185 e. The average molecular weight is 359 g/mol. The number of aromatic nitrogens is 4. The van der Waals surface area contributed by atoms with Crippen molar-refractivity contribution in [3.8, 4) is 11.3 Å². The summed E-state index contributed by atoms with van der Waals surface area (Å²) in [6.45, 7) is 1.79. The topological polar surface area (TPSA) is 66.5 Å². The monoisotopic (exact) mass is 359 g/mol. The molecule has 8 heteroatoms. The predicted molar refractivity (Wildman–Crippen MR) is 98.5 cm³/mol. The highest BCUT2D eigenvalue weighted by atomic mass is 32.2. The first kappa shape index (κ1) is 15.3. The number of H-pyrrole nitrogens is 1. The molecule has 0 unspecified atom stereocenters. The molecule has 0 radical (unpaired) electrons. The first-order valence-corrected chi connectivity index (χ1v) is 9.33. The van der Waals surface area contributed by atoms with E-state index in [9.17, 15) is 4.39 Å². The van der Waals surface area contributed by atoms with Gasteiger partial charge in [-0.1, -0.05) is 11.3 Å².